The zero-order valence-electron chi connectivity index (χ0n) is 12.4. The van der Waals surface area contributed by atoms with Crippen molar-refractivity contribution in [3.8, 4) is 5.75 Å². The Morgan fingerprint density at radius 1 is 1.48 bits per heavy atom. The van der Waals surface area contributed by atoms with Crippen LogP contribution in [0, 0.1) is 0 Å². The Bertz CT molecular complexity index is 650. The summed E-state index contributed by atoms with van der Waals surface area (Å²) in [6, 6.07) is 4.86. The van der Waals surface area contributed by atoms with Crippen molar-refractivity contribution in [3.05, 3.63) is 41.2 Å². The monoisotopic (exact) mass is 289 g/mol. The van der Waals surface area contributed by atoms with Gasteiger partial charge in [0.05, 0.1) is 24.1 Å². The Morgan fingerprint density at radius 3 is 2.86 bits per heavy atom. The molecule has 0 unspecified atom stereocenters. The van der Waals surface area contributed by atoms with E-state index in [0.717, 1.165) is 17.7 Å². The highest BCUT2D eigenvalue weighted by atomic mass is 16.5. The minimum Gasteiger partial charge on any atom is -0.497 e. The summed E-state index contributed by atoms with van der Waals surface area (Å²) in [5.41, 5.74) is 2.81. The molecule has 21 heavy (non-hydrogen) atoms. The first-order valence-corrected chi connectivity index (χ1v) is 6.71. The molecule has 0 aliphatic carbocycles. The molecule has 0 aliphatic rings. The third kappa shape index (κ3) is 3.34. The number of carbonyl (C=O) groups is 1. The Labute approximate surface area is 123 Å². The minimum atomic E-state index is -0.970. The van der Waals surface area contributed by atoms with Crippen molar-refractivity contribution < 1.29 is 14.6 Å². The Morgan fingerprint density at radius 2 is 2.24 bits per heavy atom. The first-order chi connectivity index (χ1) is 10.0. The molecule has 2 rings (SSSR count). The first-order valence-electron chi connectivity index (χ1n) is 6.71. The van der Waals surface area contributed by atoms with Gasteiger partial charge in [-0.2, -0.15) is 5.10 Å². The number of carboxylic acids is 1. The Kier molecular flexibility index (Phi) is 4.47. The van der Waals surface area contributed by atoms with E-state index in [-0.39, 0.29) is 5.56 Å². The fraction of sp³-hybridized carbons (Fsp3) is 0.333. The number of carboxylic acid groups (broad SMARTS) is 1. The highest BCUT2D eigenvalue weighted by Crippen LogP contribution is 2.23. The summed E-state index contributed by atoms with van der Waals surface area (Å²) >= 11 is 0. The van der Waals surface area contributed by atoms with Gasteiger partial charge in [0.15, 0.2) is 0 Å². The van der Waals surface area contributed by atoms with Crippen LogP contribution < -0.4 is 10.1 Å². The van der Waals surface area contributed by atoms with Gasteiger partial charge < -0.3 is 15.2 Å². The molecule has 6 nitrogen and oxygen atoms in total. The van der Waals surface area contributed by atoms with Crippen molar-refractivity contribution in [1.82, 2.24) is 9.78 Å². The second kappa shape index (κ2) is 6.30. The van der Waals surface area contributed by atoms with E-state index in [2.05, 4.69) is 10.4 Å². The van der Waals surface area contributed by atoms with E-state index in [9.17, 15) is 9.90 Å². The SMILES string of the molecule is CCc1nn(C)cc1CNc1cc(OC)ccc1C(=O)O. The number of aromatic carboxylic acids is 1. The minimum absolute atomic E-state index is 0.220. The summed E-state index contributed by atoms with van der Waals surface area (Å²) < 4.78 is 6.90. The average molecular weight is 289 g/mol. The van der Waals surface area contributed by atoms with Gasteiger partial charge in [-0.05, 0) is 18.6 Å². The molecule has 1 aromatic heterocycles. The highest BCUT2D eigenvalue weighted by molar-refractivity contribution is 5.94. The first kappa shape index (κ1) is 14.9. The number of aryl methyl sites for hydroxylation is 2. The van der Waals surface area contributed by atoms with Crippen LogP contribution in [0.1, 0.15) is 28.5 Å². The standard InChI is InChI=1S/C15H19N3O3/c1-4-13-10(9-18(2)17-13)8-16-14-7-11(21-3)5-6-12(14)15(19)20/h5-7,9,16H,4,8H2,1-3H3,(H,19,20). The third-order valence-corrected chi connectivity index (χ3v) is 3.25. The zero-order chi connectivity index (χ0) is 15.4. The number of nitrogens with one attached hydrogen (secondary N) is 1. The third-order valence-electron chi connectivity index (χ3n) is 3.25. The van der Waals surface area contributed by atoms with Crippen LogP contribution >= 0.6 is 0 Å². The number of hydrogen-bond donors (Lipinski definition) is 2. The van der Waals surface area contributed by atoms with Gasteiger partial charge in [0.1, 0.15) is 5.75 Å². The van der Waals surface area contributed by atoms with Crippen LogP contribution in [0.2, 0.25) is 0 Å². The van der Waals surface area contributed by atoms with Crippen molar-refractivity contribution in [2.75, 3.05) is 12.4 Å². The van der Waals surface area contributed by atoms with E-state index in [1.807, 2.05) is 20.2 Å². The molecule has 112 valence electrons. The summed E-state index contributed by atoms with van der Waals surface area (Å²) in [5.74, 6) is -0.355. The summed E-state index contributed by atoms with van der Waals surface area (Å²) in [6.45, 7) is 2.56. The lowest BCUT2D eigenvalue weighted by Gasteiger charge is -2.11. The normalized spacial score (nSPS) is 10.4. The molecule has 1 aromatic carbocycles. The largest absolute Gasteiger partial charge is 0.497 e. The van der Waals surface area contributed by atoms with Gasteiger partial charge in [0.25, 0.3) is 0 Å². The maximum Gasteiger partial charge on any atom is 0.337 e. The van der Waals surface area contributed by atoms with Gasteiger partial charge >= 0.3 is 5.97 Å². The molecule has 0 amide bonds. The zero-order valence-corrected chi connectivity index (χ0v) is 12.4. The second-order valence-corrected chi connectivity index (χ2v) is 4.70. The number of aromatic nitrogens is 2. The average Bonchev–Trinajstić information content (AvgIpc) is 2.84. The summed E-state index contributed by atoms with van der Waals surface area (Å²) in [4.78, 5) is 11.3. The van der Waals surface area contributed by atoms with Gasteiger partial charge in [-0.3, -0.25) is 4.68 Å². The van der Waals surface area contributed by atoms with E-state index in [1.165, 1.54) is 6.07 Å². The predicted octanol–water partition coefficient (Wildman–Crippen LogP) is 2.30. The van der Waals surface area contributed by atoms with Gasteiger partial charge in [-0.15, -0.1) is 0 Å². The van der Waals surface area contributed by atoms with Crippen LogP contribution in [0.15, 0.2) is 24.4 Å². The maximum absolute atomic E-state index is 11.3. The van der Waals surface area contributed by atoms with Crippen LogP contribution in [0.3, 0.4) is 0 Å². The molecule has 0 aliphatic heterocycles. The maximum atomic E-state index is 11.3. The van der Waals surface area contributed by atoms with Crippen molar-refractivity contribution in [1.29, 1.82) is 0 Å². The fourth-order valence-electron chi connectivity index (χ4n) is 2.20. The van der Waals surface area contributed by atoms with Gasteiger partial charge in [0.2, 0.25) is 0 Å². The van der Waals surface area contributed by atoms with Crippen LogP contribution in [-0.2, 0) is 20.0 Å². The number of benzene rings is 1. The smallest absolute Gasteiger partial charge is 0.337 e. The van der Waals surface area contributed by atoms with Gasteiger partial charge in [-0.1, -0.05) is 6.92 Å². The number of anilines is 1. The molecule has 0 fully saturated rings. The molecule has 0 atom stereocenters. The summed E-state index contributed by atoms with van der Waals surface area (Å²) in [7, 11) is 3.42. The van der Waals surface area contributed by atoms with Gasteiger partial charge in [0, 0.05) is 31.4 Å². The number of ether oxygens (including phenoxy) is 1. The topological polar surface area (TPSA) is 76.4 Å². The molecule has 0 radical (unpaired) electrons. The van der Waals surface area contributed by atoms with Crippen LogP contribution in [0.4, 0.5) is 5.69 Å². The predicted molar refractivity (Wildman–Crippen MR) is 79.9 cm³/mol. The lowest BCUT2D eigenvalue weighted by atomic mass is 10.1. The van der Waals surface area contributed by atoms with Crippen molar-refractivity contribution in [2.24, 2.45) is 7.05 Å². The Hall–Kier alpha value is -2.50. The van der Waals surface area contributed by atoms with E-state index >= 15 is 0 Å². The number of rotatable bonds is 6. The number of nitrogens with zero attached hydrogens (tertiary/aromatic N) is 2. The van der Waals surface area contributed by atoms with Crippen molar-refractivity contribution >= 4 is 11.7 Å². The van der Waals surface area contributed by atoms with Crippen molar-refractivity contribution in [3.63, 3.8) is 0 Å². The van der Waals surface area contributed by atoms with E-state index in [1.54, 1.807) is 23.9 Å². The number of hydrogen-bond acceptors (Lipinski definition) is 4. The molecule has 0 saturated heterocycles. The van der Waals surface area contributed by atoms with E-state index in [0.29, 0.717) is 18.0 Å². The van der Waals surface area contributed by atoms with Crippen LogP contribution in [-0.4, -0.2) is 28.0 Å². The lowest BCUT2D eigenvalue weighted by Crippen LogP contribution is -2.07. The summed E-state index contributed by atoms with van der Waals surface area (Å²) in [6.07, 6.45) is 2.77. The molecule has 0 saturated carbocycles. The molecule has 6 heteroatoms. The van der Waals surface area contributed by atoms with Crippen LogP contribution in [0.5, 0.6) is 5.75 Å². The Balaban J connectivity index is 2.23. The molecule has 0 bridgehead atoms. The second-order valence-electron chi connectivity index (χ2n) is 4.70. The molecular weight excluding hydrogens is 270 g/mol. The van der Waals surface area contributed by atoms with Gasteiger partial charge in [-0.25, -0.2) is 4.79 Å². The molecule has 2 aromatic rings. The molecule has 1 heterocycles. The summed E-state index contributed by atoms with van der Waals surface area (Å²) in [5, 5.41) is 16.8. The van der Waals surface area contributed by atoms with E-state index in [4.69, 9.17) is 4.74 Å². The number of methoxy groups -OCH3 is 1. The lowest BCUT2D eigenvalue weighted by molar-refractivity contribution is 0.0698. The fourth-order valence-corrected chi connectivity index (χ4v) is 2.20. The van der Waals surface area contributed by atoms with Crippen molar-refractivity contribution in [2.45, 2.75) is 19.9 Å². The van der Waals surface area contributed by atoms with E-state index < -0.39 is 5.97 Å². The highest BCUT2D eigenvalue weighted by Gasteiger charge is 2.12. The quantitative estimate of drug-likeness (QED) is 0.853. The molecular formula is C15H19N3O3. The molecule has 2 N–H and O–H groups in total. The van der Waals surface area contributed by atoms with Crippen LogP contribution in [0.25, 0.3) is 0 Å². The molecule has 0 spiro atoms.